The van der Waals surface area contributed by atoms with E-state index < -0.39 is 10.8 Å². The number of hydrogen-bond donors (Lipinski definition) is 1. The zero-order valence-electron chi connectivity index (χ0n) is 15.2. The van der Waals surface area contributed by atoms with Crippen LogP contribution in [0.25, 0.3) is 0 Å². The van der Waals surface area contributed by atoms with Gasteiger partial charge >= 0.3 is 0 Å². The summed E-state index contributed by atoms with van der Waals surface area (Å²) >= 11 is 0. The van der Waals surface area contributed by atoms with Gasteiger partial charge in [0.2, 0.25) is 0 Å². The molecule has 2 aromatic rings. The molecule has 1 amide bonds. The number of nitro groups is 1. The van der Waals surface area contributed by atoms with Gasteiger partial charge in [-0.1, -0.05) is 0 Å². The maximum Gasteiger partial charge on any atom is 0.286 e. The number of nitro benzene ring substituents is 1. The Hall–Kier alpha value is -3.07. The fraction of sp³-hybridized carbons (Fsp3) is 0.389. The van der Waals surface area contributed by atoms with Crippen molar-refractivity contribution in [1.29, 1.82) is 0 Å². The van der Waals surface area contributed by atoms with Crippen molar-refractivity contribution in [3.63, 3.8) is 0 Å². The van der Waals surface area contributed by atoms with E-state index in [1.165, 1.54) is 19.2 Å². The van der Waals surface area contributed by atoms with Gasteiger partial charge in [0.15, 0.2) is 11.5 Å². The molecular formula is C18H22N2O7. The zero-order chi connectivity index (χ0) is 19.6. The number of furan rings is 1. The highest BCUT2D eigenvalue weighted by Crippen LogP contribution is 2.34. The Labute approximate surface area is 156 Å². The summed E-state index contributed by atoms with van der Waals surface area (Å²) in [5, 5.41) is 14.0. The van der Waals surface area contributed by atoms with E-state index in [0.717, 1.165) is 5.76 Å². The molecule has 2 rings (SSSR count). The molecule has 1 aromatic heterocycles. The number of amides is 1. The van der Waals surface area contributed by atoms with E-state index in [-0.39, 0.29) is 22.7 Å². The second-order valence-corrected chi connectivity index (χ2v) is 5.45. The lowest BCUT2D eigenvalue weighted by atomic mass is 10.1. The van der Waals surface area contributed by atoms with Gasteiger partial charge in [-0.05, 0) is 25.5 Å². The molecule has 0 unspecified atom stereocenters. The number of rotatable bonds is 11. The first-order valence-corrected chi connectivity index (χ1v) is 8.44. The summed E-state index contributed by atoms with van der Waals surface area (Å²) in [6.45, 7) is 3.14. The van der Waals surface area contributed by atoms with E-state index in [4.69, 9.17) is 18.6 Å². The third-order valence-electron chi connectivity index (χ3n) is 3.60. The SMILES string of the molecule is CCOc1cc([N+](=O)[O-])c(C(=O)NCCCOCc2ccco2)cc1OC. The molecule has 0 saturated heterocycles. The van der Waals surface area contributed by atoms with Gasteiger partial charge in [-0.25, -0.2) is 0 Å². The van der Waals surface area contributed by atoms with Crippen LogP contribution in [0.4, 0.5) is 5.69 Å². The number of benzene rings is 1. The summed E-state index contributed by atoms with van der Waals surface area (Å²) in [6.07, 6.45) is 2.12. The maximum atomic E-state index is 12.4. The molecule has 0 aliphatic carbocycles. The van der Waals surface area contributed by atoms with Crippen LogP contribution < -0.4 is 14.8 Å². The molecule has 9 nitrogen and oxygen atoms in total. The third kappa shape index (κ3) is 5.71. The monoisotopic (exact) mass is 378 g/mol. The minimum Gasteiger partial charge on any atom is -0.493 e. The summed E-state index contributed by atoms with van der Waals surface area (Å²) in [5.74, 6) is 0.634. The smallest absolute Gasteiger partial charge is 0.286 e. The quantitative estimate of drug-likeness (QED) is 0.363. The highest BCUT2D eigenvalue weighted by atomic mass is 16.6. The number of ether oxygens (including phenoxy) is 3. The Morgan fingerprint density at radius 1 is 1.33 bits per heavy atom. The third-order valence-corrected chi connectivity index (χ3v) is 3.60. The van der Waals surface area contributed by atoms with Crippen LogP contribution in [0.1, 0.15) is 29.5 Å². The van der Waals surface area contributed by atoms with Gasteiger partial charge in [-0.15, -0.1) is 0 Å². The Morgan fingerprint density at radius 3 is 2.78 bits per heavy atom. The standard InChI is InChI=1S/C18H22N2O7/c1-3-26-17-11-15(20(22)23)14(10-16(17)24-2)18(21)19-7-5-8-25-12-13-6-4-9-27-13/h4,6,9-11H,3,5,7-8,12H2,1-2H3,(H,19,21). The van der Waals surface area contributed by atoms with Gasteiger partial charge in [-0.3, -0.25) is 14.9 Å². The Bertz CT molecular complexity index is 759. The molecule has 0 aliphatic heterocycles. The van der Waals surface area contributed by atoms with Gasteiger partial charge in [0, 0.05) is 19.2 Å². The molecule has 9 heteroatoms. The minimum atomic E-state index is -0.622. The molecular weight excluding hydrogens is 356 g/mol. The van der Waals surface area contributed by atoms with Gasteiger partial charge < -0.3 is 23.9 Å². The highest BCUT2D eigenvalue weighted by Gasteiger charge is 2.24. The molecule has 0 fully saturated rings. The highest BCUT2D eigenvalue weighted by molar-refractivity contribution is 5.99. The number of nitrogens with one attached hydrogen (secondary N) is 1. The van der Waals surface area contributed by atoms with E-state index in [0.29, 0.717) is 32.8 Å². The molecule has 0 saturated carbocycles. The predicted octanol–water partition coefficient (Wildman–Crippen LogP) is 2.93. The number of nitrogens with zero attached hydrogens (tertiary/aromatic N) is 1. The lowest BCUT2D eigenvalue weighted by molar-refractivity contribution is -0.385. The molecule has 0 radical (unpaired) electrons. The first-order valence-electron chi connectivity index (χ1n) is 8.44. The average Bonchev–Trinajstić information content (AvgIpc) is 3.17. The van der Waals surface area contributed by atoms with E-state index in [2.05, 4.69) is 5.32 Å². The van der Waals surface area contributed by atoms with Crippen LogP contribution in [0, 0.1) is 10.1 Å². The number of hydrogen-bond acceptors (Lipinski definition) is 7. The van der Waals surface area contributed by atoms with E-state index in [1.807, 2.05) is 0 Å². The van der Waals surface area contributed by atoms with Crippen LogP contribution in [-0.4, -0.2) is 37.7 Å². The van der Waals surface area contributed by atoms with Crippen LogP contribution in [0.5, 0.6) is 11.5 Å². The van der Waals surface area contributed by atoms with Crippen LogP contribution >= 0.6 is 0 Å². The lowest BCUT2D eigenvalue weighted by Crippen LogP contribution is -2.26. The molecule has 0 aliphatic rings. The maximum absolute atomic E-state index is 12.4. The molecule has 1 heterocycles. The normalized spacial score (nSPS) is 10.4. The fourth-order valence-electron chi connectivity index (χ4n) is 2.35. The van der Waals surface area contributed by atoms with Crippen LogP contribution in [-0.2, 0) is 11.3 Å². The van der Waals surface area contributed by atoms with Gasteiger partial charge in [0.1, 0.15) is 17.9 Å². The predicted molar refractivity (Wildman–Crippen MR) is 96.1 cm³/mol. The number of carbonyl (C=O) groups is 1. The van der Waals surface area contributed by atoms with Crippen molar-refractivity contribution in [2.24, 2.45) is 0 Å². The topological polar surface area (TPSA) is 113 Å². The Kier molecular flexibility index (Phi) is 7.63. The summed E-state index contributed by atoms with van der Waals surface area (Å²) < 4.78 is 21.0. The van der Waals surface area contributed by atoms with Gasteiger partial charge in [0.05, 0.1) is 31.0 Å². The summed E-state index contributed by atoms with van der Waals surface area (Å²) in [6, 6.07) is 6.09. The molecule has 1 N–H and O–H groups in total. The second-order valence-electron chi connectivity index (χ2n) is 5.45. The van der Waals surface area contributed by atoms with Crippen LogP contribution in [0.2, 0.25) is 0 Å². The lowest BCUT2D eigenvalue weighted by Gasteiger charge is -2.12. The van der Waals surface area contributed by atoms with Crippen molar-refractivity contribution in [2.45, 2.75) is 20.0 Å². The largest absolute Gasteiger partial charge is 0.493 e. The summed E-state index contributed by atoms with van der Waals surface area (Å²) in [4.78, 5) is 23.0. The first-order chi connectivity index (χ1) is 13.1. The Morgan fingerprint density at radius 2 is 2.15 bits per heavy atom. The zero-order valence-corrected chi connectivity index (χ0v) is 15.2. The van der Waals surface area contributed by atoms with Crippen molar-refractivity contribution in [1.82, 2.24) is 5.32 Å². The van der Waals surface area contributed by atoms with Gasteiger partial charge in [-0.2, -0.15) is 0 Å². The number of methoxy groups -OCH3 is 1. The van der Waals surface area contributed by atoms with E-state index in [1.54, 1.807) is 25.3 Å². The molecule has 0 spiro atoms. The van der Waals surface area contributed by atoms with Crippen molar-refractivity contribution in [3.05, 3.63) is 52.0 Å². The van der Waals surface area contributed by atoms with Crippen molar-refractivity contribution < 1.29 is 28.3 Å². The molecule has 1 aromatic carbocycles. The van der Waals surface area contributed by atoms with Gasteiger partial charge in [0.25, 0.3) is 11.6 Å². The summed E-state index contributed by atoms with van der Waals surface area (Å²) in [5.41, 5.74) is -0.428. The number of carbonyl (C=O) groups excluding carboxylic acids is 1. The molecule has 146 valence electrons. The second kappa shape index (κ2) is 10.2. The van der Waals surface area contributed by atoms with Crippen LogP contribution in [0.3, 0.4) is 0 Å². The van der Waals surface area contributed by atoms with Crippen molar-refractivity contribution >= 4 is 11.6 Å². The fourth-order valence-corrected chi connectivity index (χ4v) is 2.35. The molecule has 0 atom stereocenters. The van der Waals surface area contributed by atoms with Crippen LogP contribution in [0.15, 0.2) is 34.9 Å². The average molecular weight is 378 g/mol. The minimum absolute atomic E-state index is 0.0863. The summed E-state index contributed by atoms with van der Waals surface area (Å²) in [7, 11) is 1.40. The van der Waals surface area contributed by atoms with E-state index in [9.17, 15) is 14.9 Å². The van der Waals surface area contributed by atoms with Crippen molar-refractivity contribution in [2.75, 3.05) is 26.9 Å². The Balaban J connectivity index is 1.92. The molecule has 0 bridgehead atoms. The van der Waals surface area contributed by atoms with E-state index >= 15 is 0 Å². The van der Waals surface area contributed by atoms with Crippen molar-refractivity contribution in [3.8, 4) is 11.5 Å². The molecule has 27 heavy (non-hydrogen) atoms. The first kappa shape index (κ1) is 20.2.